The van der Waals surface area contributed by atoms with Crippen LogP contribution in [0.15, 0.2) is 0 Å². The van der Waals surface area contributed by atoms with Crippen LogP contribution < -0.4 is 5.32 Å². The summed E-state index contributed by atoms with van der Waals surface area (Å²) in [7, 11) is -3.95. The number of thioether (sulfide) groups is 1. The number of hydrogen-bond donors (Lipinski definition) is 3. The zero-order valence-electron chi connectivity index (χ0n) is 9.05. The number of carboxylic acid groups (broad SMARTS) is 1. The van der Waals surface area contributed by atoms with E-state index in [1.54, 1.807) is 11.8 Å². The molecule has 0 spiro atoms. The molecule has 0 radical (unpaired) electrons. The topological polar surface area (TPSA) is 104 Å². The van der Waals surface area contributed by atoms with Crippen molar-refractivity contribution in [2.75, 3.05) is 24.3 Å². The van der Waals surface area contributed by atoms with Gasteiger partial charge in [-0.05, 0) is 31.4 Å². The van der Waals surface area contributed by atoms with Gasteiger partial charge in [-0.1, -0.05) is 0 Å². The molecule has 8 heteroatoms. The van der Waals surface area contributed by atoms with E-state index in [-0.39, 0.29) is 18.7 Å². The van der Waals surface area contributed by atoms with Gasteiger partial charge in [0.15, 0.2) is 0 Å². The molecule has 1 atom stereocenters. The van der Waals surface area contributed by atoms with E-state index in [1.807, 2.05) is 6.26 Å². The van der Waals surface area contributed by atoms with Crippen LogP contribution in [0, 0.1) is 0 Å². The predicted molar refractivity (Wildman–Crippen MR) is 63.5 cm³/mol. The third-order valence-corrected chi connectivity index (χ3v) is 3.33. The summed E-state index contributed by atoms with van der Waals surface area (Å²) in [5.41, 5.74) is 0. The number of carboxylic acids is 1. The molecule has 6 nitrogen and oxygen atoms in total. The van der Waals surface area contributed by atoms with Crippen LogP contribution in [0.5, 0.6) is 0 Å². The average Bonchev–Trinajstić information content (AvgIpc) is 2.14. The van der Waals surface area contributed by atoms with Gasteiger partial charge in [0.05, 0.1) is 5.75 Å². The van der Waals surface area contributed by atoms with Gasteiger partial charge in [-0.3, -0.25) is 9.35 Å². The predicted octanol–water partition coefficient (Wildman–Crippen LogP) is 0.0602. The van der Waals surface area contributed by atoms with Crippen LogP contribution >= 0.6 is 11.8 Å². The van der Waals surface area contributed by atoms with Crippen molar-refractivity contribution in [2.45, 2.75) is 18.9 Å². The summed E-state index contributed by atoms with van der Waals surface area (Å²) in [5, 5.41) is 11.6. The third-order valence-electron chi connectivity index (χ3n) is 1.88. The molecular formula is C8H17NO5S2. The van der Waals surface area contributed by atoms with Crippen LogP contribution in [0.4, 0.5) is 0 Å². The van der Waals surface area contributed by atoms with Gasteiger partial charge >= 0.3 is 5.97 Å². The molecule has 0 aromatic heterocycles. The maximum absolute atomic E-state index is 10.8. The first-order valence-corrected chi connectivity index (χ1v) is 7.77. The quantitative estimate of drug-likeness (QED) is 0.402. The van der Waals surface area contributed by atoms with E-state index in [9.17, 15) is 13.2 Å². The Kier molecular flexibility index (Phi) is 7.73. The molecule has 16 heavy (non-hydrogen) atoms. The molecule has 96 valence electrons. The molecular weight excluding hydrogens is 254 g/mol. The lowest BCUT2D eigenvalue weighted by Gasteiger charge is -2.13. The number of hydrogen-bond acceptors (Lipinski definition) is 5. The minimum atomic E-state index is -3.95. The lowest BCUT2D eigenvalue weighted by Crippen LogP contribution is -2.38. The largest absolute Gasteiger partial charge is 0.480 e. The van der Waals surface area contributed by atoms with Crippen LogP contribution in [-0.4, -0.2) is 54.4 Å². The molecule has 0 aliphatic rings. The Morgan fingerprint density at radius 2 is 2.12 bits per heavy atom. The van der Waals surface area contributed by atoms with Gasteiger partial charge in [0.25, 0.3) is 10.1 Å². The smallest absolute Gasteiger partial charge is 0.320 e. The molecule has 0 unspecified atom stereocenters. The van der Waals surface area contributed by atoms with E-state index >= 15 is 0 Å². The highest BCUT2D eigenvalue weighted by atomic mass is 32.2. The summed E-state index contributed by atoms with van der Waals surface area (Å²) in [4.78, 5) is 10.8. The second-order valence-electron chi connectivity index (χ2n) is 3.27. The van der Waals surface area contributed by atoms with E-state index < -0.39 is 22.1 Å². The number of rotatable bonds is 9. The molecule has 0 fully saturated rings. The Labute approximate surface area is 99.6 Å². The Morgan fingerprint density at radius 3 is 2.56 bits per heavy atom. The first kappa shape index (κ1) is 15.7. The van der Waals surface area contributed by atoms with Crippen LogP contribution in [0.1, 0.15) is 12.8 Å². The summed E-state index contributed by atoms with van der Waals surface area (Å²) in [5.74, 6) is -0.571. The molecule has 0 rings (SSSR count). The zero-order valence-corrected chi connectivity index (χ0v) is 10.7. The normalized spacial score (nSPS) is 13.6. The van der Waals surface area contributed by atoms with Crippen LogP contribution in [-0.2, 0) is 14.9 Å². The van der Waals surface area contributed by atoms with Crippen LogP contribution in [0.3, 0.4) is 0 Å². The summed E-state index contributed by atoms with van der Waals surface area (Å²) in [6, 6.07) is -0.658. The Hall–Kier alpha value is -0.310. The van der Waals surface area contributed by atoms with Gasteiger partial charge in [0.2, 0.25) is 0 Å². The molecule has 0 saturated carbocycles. The fraction of sp³-hybridized carbons (Fsp3) is 0.875. The molecule has 0 heterocycles. The fourth-order valence-corrected chi connectivity index (χ4v) is 2.06. The molecule has 0 aliphatic heterocycles. The fourth-order valence-electron chi connectivity index (χ4n) is 1.08. The minimum absolute atomic E-state index is 0.196. The van der Waals surface area contributed by atoms with Gasteiger partial charge < -0.3 is 10.4 Å². The first-order valence-electron chi connectivity index (χ1n) is 4.77. The van der Waals surface area contributed by atoms with Crippen molar-refractivity contribution in [2.24, 2.45) is 0 Å². The van der Waals surface area contributed by atoms with Crippen molar-refractivity contribution in [1.29, 1.82) is 0 Å². The Bertz CT molecular complexity index is 304. The van der Waals surface area contributed by atoms with Crippen LogP contribution in [0.2, 0.25) is 0 Å². The van der Waals surface area contributed by atoms with Gasteiger partial charge in [0.1, 0.15) is 6.04 Å². The molecule has 0 aliphatic carbocycles. The highest BCUT2D eigenvalue weighted by Gasteiger charge is 2.15. The van der Waals surface area contributed by atoms with E-state index in [0.717, 1.165) is 5.75 Å². The zero-order chi connectivity index (χ0) is 12.6. The highest BCUT2D eigenvalue weighted by Crippen LogP contribution is 2.01. The van der Waals surface area contributed by atoms with E-state index in [2.05, 4.69) is 5.32 Å². The monoisotopic (exact) mass is 271 g/mol. The summed E-state index contributed by atoms with van der Waals surface area (Å²) in [6.07, 6.45) is 2.57. The van der Waals surface area contributed by atoms with Gasteiger partial charge in [-0.2, -0.15) is 20.2 Å². The summed E-state index contributed by atoms with van der Waals surface area (Å²) in [6.45, 7) is 0.255. The van der Waals surface area contributed by atoms with Gasteiger partial charge in [-0.15, -0.1) is 0 Å². The third kappa shape index (κ3) is 8.96. The molecule has 0 bridgehead atoms. The van der Waals surface area contributed by atoms with Crippen molar-refractivity contribution < 1.29 is 22.9 Å². The lowest BCUT2D eigenvalue weighted by atomic mass is 10.2. The van der Waals surface area contributed by atoms with Crippen molar-refractivity contribution in [3.05, 3.63) is 0 Å². The maximum atomic E-state index is 10.8. The SMILES string of the molecule is CSCC[C@H](NCCCS(=O)(=O)O)C(=O)O. The van der Waals surface area contributed by atoms with Crippen LogP contribution in [0.25, 0.3) is 0 Å². The van der Waals surface area contributed by atoms with Crippen molar-refractivity contribution >= 4 is 27.8 Å². The van der Waals surface area contributed by atoms with Crippen molar-refractivity contribution in [3.8, 4) is 0 Å². The second-order valence-corrected chi connectivity index (χ2v) is 5.82. The molecule has 0 aromatic carbocycles. The maximum Gasteiger partial charge on any atom is 0.320 e. The Balaban J connectivity index is 3.81. The molecule has 3 N–H and O–H groups in total. The summed E-state index contributed by atoms with van der Waals surface area (Å²) < 4.78 is 29.2. The van der Waals surface area contributed by atoms with E-state index in [1.165, 1.54) is 0 Å². The molecule has 0 aromatic rings. The molecule has 0 saturated heterocycles. The van der Waals surface area contributed by atoms with E-state index in [0.29, 0.717) is 6.42 Å². The number of carbonyl (C=O) groups is 1. The summed E-state index contributed by atoms with van der Waals surface area (Å²) >= 11 is 1.55. The number of aliphatic carboxylic acids is 1. The van der Waals surface area contributed by atoms with Crippen molar-refractivity contribution in [1.82, 2.24) is 5.32 Å². The minimum Gasteiger partial charge on any atom is -0.480 e. The lowest BCUT2D eigenvalue weighted by molar-refractivity contribution is -0.139. The first-order chi connectivity index (χ1) is 7.37. The standard InChI is InChI=1S/C8H17NO5S2/c1-15-5-3-7(8(10)11)9-4-2-6-16(12,13)14/h7,9H,2-6H2,1H3,(H,10,11)(H,12,13,14)/t7-/m0/s1. The average molecular weight is 271 g/mol. The van der Waals surface area contributed by atoms with Gasteiger partial charge in [0, 0.05) is 0 Å². The Morgan fingerprint density at radius 1 is 1.50 bits per heavy atom. The highest BCUT2D eigenvalue weighted by molar-refractivity contribution is 7.98. The number of nitrogens with one attached hydrogen (secondary N) is 1. The second kappa shape index (κ2) is 7.88. The van der Waals surface area contributed by atoms with E-state index in [4.69, 9.17) is 9.66 Å². The molecule has 0 amide bonds. The van der Waals surface area contributed by atoms with Gasteiger partial charge in [-0.25, -0.2) is 0 Å². The van der Waals surface area contributed by atoms with Crippen molar-refractivity contribution in [3.63, 3.8) is 0 Å².